The summed E-state index contributed by atoms with van der Waals surface area (Å²) in [4.78, 5) is 28.6. The zero-order chi connectivity index (χ0) is 26.2. The number of anilines is 1. The molecule has 1 N–H and O–H groups in total. The van der Waals surface area contributed by atoms with Crippen LogP contribution in [0, 0.1) is 0 Å². The summed E-state index contributed by atoms with van der Waals surface area (Å²) >= 11 is 7.36. The molecule has 0 fully saturated rings. The van der Waals surface area contributed by atoms with Crippen molar-refractivity contribution in [2.24, 2.45) is 0 Å². The third-order valence-corrected chi connectivity index (χ3v) is 7.36. The van der Waals surface area contributed by atoms with Gasteiger partial charge in [0, 0.05) is 29.6 Å². The van der Waals surface area contributed by atoms with Crippen LogP contribution in [0.25, 0.3) is 10.6 Å². The van der Waals surface area contributed by atoms with Gasteiger partial charge in [0.1, 0.15) is 5.01 Å². The molecule has 6 nitrogen and oxygen atoms in total. The molecule has 8 heteroatoms. The quantitative estimate of drug-likeness (QED) is 0.248. The molecule has 0 aliphatic rings. The maximum Gasteiger partial charge on any atom is 0.234 e. The van der Waals surface area contributed by atoms with E-state index in [-0.39, 0.29) is 24.3 Å². The standard InChI is InChI=1S/C29H29ClN4O2S/c1-3-20(2)34(28(36)26(21-11-6-4-7-12-21)22-13-8-5-9-14-22)18-17-25(35)31-29-33-32-27(37-29)23-15-10-16-24(30)19-23/h4-16,19-20,26H,3,17-18H2,1-2H3,(H,31,33,35)/t20-/m1/s1. The Morgan fingerprint density at radius 3 is 2.19 bits per heavy atom. The van der Waals surface area contributed by atoms with Crippen molar-refractivity contribution in [1.82, 2.24) is 15.1 Å². The third-order valence-electron chi connectivity index (χ3n) is 6.24. The molecule has 4 aromatic rings. The van der Waals surface area contributed by atoms with Crippen molar-refractivity contribution in [3.63, 3.8) is 0 Å². The van der Waals surface area contributed by atoms with E-state index in [1.807, 2.05) is 91.5 Å². The largest absolute Gasteiger partial charge is 0.339 e. The van der Waals surface area contributed by atoms with Crippen LogP contribution in [0.15, 0.2) is 84.9 Å². The molecule has 0 unspecified atom stereocenters. The highest BCUT2D eigenvalue weighted by atomic mass is 35.5. The van der Waals surface area contributed by atoms with Crippen LogP contribution < -0.4 is 5.32 Å². The second-order valence-corrected chi connectivity index (χ2v) is 10.2. The molecule has 1 atom stereocenters. The molecule has 190 valence electrons. The van der Waals surface area contributed by atoms with Crippen molar-refractivity contribution in [3.05, 3.63) is 101 Å². The average molecular weight is 533 g/mol. The molecule has 4 rings (SSSR count). The first-order valence-corrected chi connectivity index (χ1v) is 13.5. The second kappa shape index (κ2) is 12.6. The number of nitrogens with one attached hydrogen (secondary N) is 1. The number of aromatic nitrogens is 2. The summed E-state index contributed by atoms with van der Waals surface area (Å²) in [5.74, 6) is -0.674. The molecule has 0 saturated carbocycles. The van der Waals surface area contributed by atoms with E-state index < -0.39 is 5.92 Å². The predicted octanol–water partition coefficient (Wildman–Crippen LogP) is 6.65. The molecule has 2 amide bonds. The summed E-state index contributed by atoms with van der Waals surface area (Å²) < 4.78 is 0. The molecule has 3 aromatic carbocycles. The first-order valence-electron chi connectivity index (χ1n) is 12.3. The van der Waals surface area contributed by atoms with Gasteiger partial charge in [-0.3, -0.25) is 9.59 Å². The minimum absolute atomic E-state index is 0.0151. The Balaban J connectivity index is 1.47. The molecule has 0 spiro atoms. The SMILES string of the molecule is CC[C@@H](C)N(CCC(=O)Nc1nnc(-c2cccc(Cl)c2)s1)C(=O)C(c1ccccc1)c1ccccc1. The monoisotopic (exact) mass is 532 g/mol. The van der Waals surface area contributed by atoms with Crippen molar-refractivity contribution in [2.45, 2.75) is 38.6 Å². The summed E-state index contributed by atoms with van der Waals surface area (Å²) in [6.07, 6.45) is 0.932. The molecular weight excluding hydrogens is 504 g/mol. The topological polar surface area (TPSA) is 75.2 Å². The Morgan fingerprint density at radius 1 is 0.946 bits per heavy atom. The van der Waals surface area contributed by atoms with Gasteiger partial charge in [-0.05, 0) is 36.6 Å². The van der Waals surface area contributed by atoms with Gasteiger partial charge >= 0.3 is 0 Å². The number of benzene rings is 3. The van der Waals surface area contributed by atoms with Crippen molar-refractivity contribution in [3.8, 4) is 10.6 Å². The lowest BCUT2D eigenvalue weighted by Crippen LogP contribution is -2.43. The molecule has 1 heterocycles. The number of halogens is 1. The van der Waals surface area contributed by atoms with E-state index in [2.05, 4.69) is 15.5 Å². The maximum absolute atomic E-state index is 14.0. The lowest BCUT2D eigenvalue weighted by atomic mass is 9.89. The van der Waals surface area contributed by atoms with Crippen LogP contribution in [0.5, 0.6) is 0 Å². The van der Waals surface area contributed by atoms with Gasteiger partial charge in [-0.15, -0.1) is 10.2 Å². The molecule has 0 aliphatic heterocycles. The molecule has 1 aromatic heterocycles. The van der Waals surface area contributed by atoms with Gasteiger partial charge in [0.05, 0.1) is 5.92 Å². The van der Waals surface area contributed by atoms with Crippen molar-refractivity contribution >= 4 is 39.9 Å². The Bertz CT molecular complexity index is 1290. The van der Waals surface area contributed by atoms with Gasteiger partial charge in [0.2, 0.25) is 16.9 Å². The van der Waals surface area contributed by atoms with Crippen LogP contribution in [0.3, 0.4) is 0 Å². The minimum Gasteiger partial charge on any atom is -0.339 e. The first kappa shape index (κ1) is 26.5. The van der Waals surface area contributed by atoms with Crippen molar-refractivity contribution in [1.29, 1.82) is 0 Å². The van der Waals surface area contributed by atoms with Crippen LogP contribution in [0.4, 0.5) is 5.13 Å². The van der Waals surface area contributed by atoms with Crippen LogP contribution in [-0.4, -0.2) is 39.5 Å². The summed E-state index contributed by atoms with van der Waals surface area (Å²) in [5, 5.41) is 12.8. The fourth-order valence-electron chi connectivity index (χ4n) is 4.12. The number of nitrogens with zero attached hydrogens (tertiary/aromatic N) is 3. The second-order valence-electron chi connectivity index (χ2n) is 8.76. The lowest BCUT2D eigenvalue weighted by molar-refractivity contribution is -0.134. The number of amides is 2. The highest BCUT2D eigenvalue weighted by Crippen LogP contribution is 2.29. The Kier molecular flexibility index (Phi) is 9.04. The normalized spacial score (nSPS) is 11.8. The molecule has 0 saturated heterocycles. The molecule has 0 bridgehead atoms. The maximum atomic E-state index is 14.0. The van der Waals surface area contributed by atoms with Gasteiger partial charge in [-0.2, -0.15) is 0 Å². The van der Waals surface area contributed by atoms with Gasteiger partial charge in [0.25, 0.3) is 0 Å². The van der Waals surface area contributed by atoms with Crippen molar-refractivity contribution in [2.75, 3.05) is 11.9 Å². The highest BCUT2D eigenvalue weighted by molar-refractivity contribution is 7.18. The van der Waals surface area contributed by atoms with E-state index in [1.54, 1.807) is 12.1 Å². The fourth-order valence-corrected chi connectivity index (χ4v) is 5.06. The summed E-state index contributed by atoms with van der Waals surface area (Å²) in [7, 11) is 0. The Labute approximate surface area is 226 Å². The smallest absolute Gasteiger partial charge is 0.234 e. The number of hydrogen-bond donors (Lipinski definition) is 1. The van der Waals surface area contributed by atoms with Gasteiger partial charge in [0.15, 0.2) is 0 Å². The third kappa shape index (κ3) is 6.81. The summed E-state index contributed by atoms with van der Waals surface area (Å²) in [6.45, 7) is 4.37. The highest BCUT2D eigenvalue weighted by Gasteiger charge is 2.30. The van der Waals surface area contributed by atoms with Crippen LogP contribution >= 0.6 is 22.9 Å². The van der Waals surface area contributed by atoms with Crippen LogP contribution in [0.2, 0.25) is 5.02 Å². The Morgan fingerprint density at radius 2 is 1.59 bits per heavy atom. The fraction of sp³-hybridized carbons (Fsp3) is 0.241. The van der Waals surface area contributed by atoms with Gasteiger partial charge < -0.3 is 10.2 Å². The lowest BCUT2D eigenvalue weighted by Gasteiger charge is -2.32. The molecule has 0 aliphatic carbocycles. The molecule has 37 heavy (non-hydrogen) atoms. The minimum atomic E-state index is -0.442. The van der Waals surface area contributed by atoms with E-state index in [0.717, 1.165) is 23.1 Å². The van der Waals surface area contributed by atoms with Gasteiger partial charge in [-0.25, -0.2) is 0 Å². The predicted molar refractivity (Wildman–Crippen MR) is 150 cm³/mol. The summed E-state index contributed by atoms with van der Waals surface area (Å²) in [5.41, 5.74) is 2.70. The van der Waals surface area contributed by atoms with E-state index in [0.29, 0.717) is 21.7 Å². The molecule has 0 radical (unpaired) electrons. The number of carbonyl (C=O) groups excluding carboxylic acids is 2. The first-order chi connectivity index (χ1) is 18.0. The van der Waals surface area contributed by atoms with Crippen LogP contribution in [0.1, 0.15) is 43.7 Å². The van der Waals surface area contributed by atoms with E-state index >= 15 is 0 Å². The van der Waals surface area contributed by atoms with E-state index in [4.69, 9.17) is 11.6 Å². The Hall–Kier alpha value is -3.55. The van der Waals surface area contributed by atoms with Crippen LogP contribution in [-0.2, 0) is 9.59 Å². The summed E-state index contributed by atoms with van der Waals surface area (Å²) in [6, 6.07) is 26.9. The zero-order valence-corrected chi connectivity index (χ0v) is 22.4. The molecular formula is C29H29ClN4O2S. The zero-order valence-electron chi connectivity index (χ0n) is 20.8. The van der Waals surface area contributed by atoms with Gasteiger partial charge in [-0.1, -0.05) is 103 Å². The number of carbonyl (C=O) groups is 2. The van der Waals surface area contributed by atoms with E-state index in [9.17, 15) is 9.59 Å². The number of rotatable bonds is 10. The van der Waals surface area contributed by atoms with Crippen molar-refractivity contribution < 1.29 is 9.59 Å². The van der Waals surface area contributed by atoms with E-state index in [1.165, 1.54) is 11.3 Å². The number of hydrogen-bond acceptors (Lipinski definition) is 5. The average Bonchev–Trinajstić information content (AvgIpc) is 3.38.